The number of aromatic nitrogens is 3. The number of rotatable bonds is 4. The van der Waals surface area contributed by atoms with Crippen molar-refractivity contribution in [2.45, 2.75) is 20.0 Å². The quantitative estimate of drug-likeness (QED) is 0.736. The van der Waals surface area contributed by atoms with E-state index in [4.69, 9.17) is 11.6 Å². The molecule has 0 bridgehead atoms. The second-order valence-corrected chi connectivity index (χ2v) is 6.71. The van der Waals surface area contributed by atoms with E-state index in [9.17, 15) is 4.79 Å². The van der Waals surface area contributed by atoms with Crippen molar-refractivity contribution < 1.29 is 0 Å². The van der Waals surface area contributed by atoms with Gasteiger partial charge in [0.2, 0.25) is 4.96 Å². The summed E-state index contributed by atoms with van der Waals surface area (Å²) in [6.07, 6.45) is 0. The Morgan fingerprint density at radius 3 is 2.91 bits per heavy atom. The van der Waals surface area contributed by atoms with Crippen LogP contribution in [0.5, 0.6) is 0 Å². The van der Waals surface area contributed by atoms with Gasteiger partial charge in [-0.25, -0.2) is 4.98 Å². The van der Waals surface area contributed by atoms with E-state index in [1.807, 2.05) is 38.2 Å². The Bertz CT molecular complexity index is 873. The number of fused-ring (bicyclic) bond motifs is 1. The van der Waals surface area contributed by atoms with Crippen molar-refractivity contribution in [3.63, 3.8) is 0 Å². The van der Waals surface area contributed by atoms with E-state index in [1.165, 1.54) is 21.9 Å². The fourth-order valence-corrected chi connectivity index (χ4v) is 3.50. The fourth-order valence-electron chi connectivity index (χ4n) is 2.26. The van der Waals surface area contributed by atoms with Gasteiger partial charge in [0, 0.05) is 23.3 Å². The predicted octanol–water partition coefficient (Wildman–Crippen LogP) is 2.74. The first-order chi connectivity index (χ1) is 10.5. The average Bonchev–Trinajstić information content (AvgIpc) is 2.81. The number of hydrogen-bond acceptors (Lipinski definition) is 5. The second kappa shape index (κ2) is 6.16. The molecule has 3 aromatic rings. The lowest BCUT2D eigenvalue weighted by atomic mass is 10.2. The van der Waals surface area contributed by atoms with Gasteiger partial charge in [-0.1, -0.05) is 35.1 Å². The molecule has 0 aliphatic carbocycles. The Morgan fingerprint density at radius 2 is 2.14 bits per heavy atom. The van der Waals surface area contributed by atoms with Crippen molar-refractivity contribution in [3.8, 4) is 0 Å². The van der Waals surface area contributed by atoms with Crippen LogP contribution in [0.1, 0.15) is 16.3 Å². The second-order valence-electron chi connectivity index (χ2n) is 5.23. The zero-order chi connectivity index (χ0) is 15.7. The maximum absolute atomic E-state index is 11.9. The summed E-state index contributed by atoms with van der Waals surface area (Å²) < 4.78 is 1.36. The zero-order valence-corrected chi connectivity index (χ0v) is 13.9. The molecule has 0 radical (unpaired) electrons. The molecule has 22 heavy (non-hydrogen) atoms. The van der Waals surface area contributed by atoms with Crippen molar-refractivity contribution in [1.29, 1.82) is 0 Å². The molecule has 3 rings (SSSR count). The van der Waals surface area contributed by atoms with Gasteiger partial charge in [-0.05, 0) is 31.7 Å². The van der Waals surface area contributed by atoms with Gasteiger partial charge in [0.25, 0.3) is 5.56 Å². The molecule has 0 unspecified atom stereocenters. The minimum atomic E-state index is -0.137. The summed E-state index contributed by atoms with van der Waals surface area (Å²) in [6, 6.07) is 9.28. The van der Waals surface area contributed by atoms with Crippen LogP contribution in [0.25, 0.3) is 4.96 Å². The van der Waals surface area contributed by atoms with Crippen molar-refractivity contribution in [1.82, 2.24) is 19.5 Å². The fraction of sp³-hybridized carbons (Fsp3) is 0.267. The monoisotopic (exact) mass is 334 g/mol. The van der Waals surface area contributed by atoms with E-state index in [0.717, 1.165) is 22.1 Å². The van der Waals surface area contributed by atoms with Crippen LogP contribution in [0.4, 0.5) is 0 Å². The molecule has 2 aromatic heterocycles. The highest BCUT2D eigenvalue weighted by Gasteiger charge is 2.10. The van der Waals surface area contributed by atoms with Gasteiger partial charge in [-0.2, -0.15) is 9.61 Å². The van der Waals surface area contributed by atoms with Crippen LogP contribution in [-0.4, -0.2) is 26.5 Å². The third-order valence-corrected chi connectivity index (χ3v) is 4.29. The predicted molar refractivity (Wildman–Crippen MR) is 88.5 cm³/mol. The highest BCUT2D eigenvalue weighted by molar-refractivity contribution is 7.16. The van der Waals surface area contributed by atoms with Gasteiger partial charge in [0.15, 0.2) is 0 Å². The van der Waals surface area contributed by atoms with Gasteiger partial charge in [-0.3, -0.25) is 9.69 Å². The lowest BCUT2D eigenvalue weighted by molar-refractivity contribution is 0.317. The van der Waals surface area contributed by atoms with E-state index in [2.05, 4.69) is 15.0 Å². The minimum Gasteiger partial charge on any atom is -0.295 e. The molecule has 5 nitrogen and oxygen atoms in total. The third kappa shape index (κ3) is 3.35. The Hall–Kier alpha value is -1.76. The van der Waals surface area contributed by atoms with Crippen LogP contribution >= 0.6 is 22.9 Å². The molecule has 0 aliphatic rings. The van der Waals surface area contributed by atoms with Gasteiger partial charge in [-0.15, -0.1) is 0 Å². The maximum Gasteiger partial charge on any atom is 0.275 e. The molecule has 0 fully saturated rings. The Balaban J connectivity index is 1.78. The standard InChI is InChI=1S/C15H15ClN4OS/c1-10-6-14(21)20-15(17-10)22-13(18-20)9-19(2)8-11-4-3-5-12(16)7-11/h3-7H,8-9H2,1-2H3. The van der Waals surface area contributed by atoms with Crippen molar-refractivity contribution in [2.75, 3.05) is 7.05 Å². The Morgan fingerprint density at radius 1 is 1.32 bits per heavy atom. The smallest absolute Gasteiger partial charge is 0.275 e. The number of benzene rings is 1. The highest BCUT2D eigenvalue weighted by Crippen LogP contribution is 2.16. The summed E-state index contributed by atoms with van der Waals surface area (Å²) in [6.45, 7) is 3.23. The molecular formula is C15H15ClN4OS. The molecule has 0 saturated heterocycles. The van der Waals surface area contributed by atoms with Crippen LogP contribution in [0.2, 0.25) is 5.02 Å². The van der Waals surface area contributed by atoms with Gasteiger partial charge in [0.05, 0.1) is 6.54 Å². The molecule has 0 N–H and O–H groups in total. The van der Waals surface area contributed by atoms with E-state index in [0.29, 0.717) is 17.2 Å². The number of hydrogen-bond donors (Lipinski definition) is 0. The topological polar surface area (TPSA) is 50.5 Å². The molecule has 7 heteroatoms. The van der Waals surface area contributed by atoms with Crippen LogP contribution in [0.15, 0.2) is 35.1 Å². The van der Waals surface area contributed by atoms with Crippen molar-refractivity contribution in [2.24, 2.45) is 0 Å². The van der Waals surface area contributed by atoms with E-state index in [-0.39, 0.29) is 5.56 Å². The van der Waals surface area contributed by atoms with E-state index >= 15 is 0 Å². The molecule has 1 aromatic carbocycles. The highest BCUT2D eigenvalue weighted by atomic mass is 35.5. The molecular weight excluding hydrogens is 320 g/mol. The molecule has 0 atom stereocenters. The summed E-state index contributed by atoms with van der Waals surface area (Å²) in [5, 5.41) is 5.94. The summed E-state index contributed by atoms with van der Waals surface area (Å²) >= 11 is 7.44. The van der Waals surface area contributed by atoms with E-state index < -0.39 is 0 Å². The molecule has 0 amide bonds. The summed E-state index contributed by atoms with van der Waals surface area (Å²) in [4.78, 5) is 19.0. The third-order valence-electron chi connectivity index (χ3n) is 3.16. The molecule has 114 valence electrons. The van der Waals surface area contributed by atoms with Crippen LogP contribution in [-0.2, 0) is 13.1 Å². The first kappa shape index (κ1) is 15.1. The summed E-state index contributed by atoms with van der Waals surface area (Å²) in [5.74, 6) is 0. The first-order valence-electron chi connectivity index (χ1n) is 6.80. The SMILES string of the molecule is Cc1cc(=O)n2nc(CN(C)Cc3cccc(Cl)c3)sc2n1. The Kier molecular flexibility index (Phi) is 4.24. The number of aryl methyl sites for hydroxylation is 1. The zero-order valence-electron chi connectivity index (χ0n) is 12.3. The summed E-state index contributed by atoms with van der Waals surface area (Å²) in [5.41, 5.74) is 1.72. The molecule has 0 saturated carbocycles. The average molecular weight is 335 g/mol. The van der Waals surface area contributed by atoms with Crippen LogP contribution in [0.3, 0.4) is 0 Å². The van der Waals surface area contributed by atoms with Crippen molar-refractivity contribution in [3.05, 3.63) is 62.0 Å². The maximum atomic E-state index is 11.9. The Labute approximate surface area is 136 Å². The van der Waals surface area contributed by atoms with Crippen molar-refractivity contribution >= 4 is 27.9 Å². The largest absolute Gasteiger partial charge is 0.295 e. The van der Waals surface area contributed by atoms with Crippen LogP contribution in [0, 0.1) is 6.92 Å². The summed E-state index contributed by atoms with van der Waals surface area (Å²) in [7, 11) is 2.01. The normalized spacial score (nSPS) is 11.5. The lowest BCUT2D eigenvalue weighted by Crippen LogP contribution is -2.18. The number of nitrogens with zero attached hydrogens (tertiary/aromatic N) is 4. The molecule has 0 aliphatic heterocycles. The first-order valence-corrected chi connectivity index (χ1v) is 8.00. The van der Waals surface area contributed by atoms with Gasteiger partial charge >= 0.3 is 0 Å². The molecule has 0 spiro atoms. The number of halogens is 1. The molecule has 2 heterocycles. The van der Waals surface area contributed by atoms with E-state index in [1.54, 1.807) is 0 Å². The lowest BCUT2D eigenvalue weighted by Gasteiger charge is -2.14. The van der Waals surface area contributed by atoms with Gasteiger partial charge < -0.3 is 0 Å². The minimum absolute atomic E-state index is 0.137. The van der Waals surface area contributed by atoms with Gasteiger partial charge in [0.1, 0.15) is 5.01 Å². The van der Waals surface area contributed by atoms with Crippen LogP contribution < -0.4 is 5.56 Å².